The molecular formula is C16H22O3. The third-order valence-electron chi connectivity index (χ3n) is 2.62. The number of carbonyl (C=O) groups is 1. The quantitative estimate of drug-likeness (QED) is 0.552. The minimum Gasteiger partial charge on any atom is -0.490 e. The van der Waals surface area contributed by atoms with Crippen LogP contribution in [0.4, 0.5) is 0 Å². The molecule has 0 aromatic heterocycles. The highest BCUT2D eigenvalue weighted by atomic mass is 16.5. The molecule has 0 saturated carbocycles. The summed E-state index contributed by atoms with van der Waals surface area (Å²) in [4.78, 5) is 10.8. The summed E-state index contributed by atoms with van der Waals surface area (Å²) in [5.41, 5.74) is 0.546. The highest BCUT2D eigenvalue weighted by Crippen LogP contribution is 2.30. The van der Waals surface area contributed by atoms with Crippen molar-refractivity contribution in [2.75, 3.05) is 13.2 Å². The van der Waals surface area contributed by atoms with Crippen molar-refractivity contribution < 1.29 is 14.3 Å². The van der Waals surface area contributed by atoms with Gasteiger partial charge in [0.15, 0.2) is 11.5 Å². The van der Waals surface area contributed by atoms with Crippen LogP contribution in [0.3, 0.4) is 0 Å². The van der Waals surface area contributed by atoms with Gasteiger partial charge in [0, 0.05) is 11.0 Å². The second kappa shape index (κ2) is 6.98. The van der Waals surface area contributed by atoms with Crippen molar-refractivity contribution in [3.63, 3.8) is 0 Å². The number of hydrogen-bond donors (Lipinski definition) is 0. The van der Waals surface area contributed by atoms with E-state index in [1.54, 1.807) is 18.2 Å². The van der Waals surface area contributed by atoms with Gasteiger partial charge in [0.05, 0.1) is 13.2 Å². The SMILES string of the molecule is CC=CC(C)(C)COc1ccc(C=O)cc1OCC. The Morgan fingerprint density at radius 3 is 2.53 bits per heavy atom. The van der Waals surface area contributed by atoms with Gasteiger partial charge in [-0.05, 0) is 32.0 Å². The molecule has 0 aliphatic heterocycles. The van der Waals surface area contributed by atoms with E-state index < -0.39 is 0 Å². The van der Waals surface area contributed by atoms with Crippen molar-refractivity contribution >= 4 is 6.29 Å². The molecule has 104 valence electrons. The Kier molecular flexibility index (Phi) is 5.61. The third-order valence-corrected chi connectivity index (χ3v) is 2.62. The van der Waals surface area contributed by atoms with E-state index in [9.17, 15) is 4.79 Å². The first-order chi connectivity index (χ1) is 9.02. The molecule has 0 spiro atoms. The van der Waals surface area contributed by atoms with Crippen LogP contribution < -0.4 is 9.47 Å². The lowest BCUT2D eigenvalue weighted by atomic mass is 9.94. The minimum absolute atomic E-state index is 0.0401. The van der Waals surface area contributed by atoms with Gasteiger partial charge in [-0.15, -0.1) is 0 Å². The molecule has 0 unspecified atom stereocenters. The molecule has 0 fully saturated rings. The predicted octanol–water partition coefficient (Wildman–Crippen LogP) is 3.88. The molecule has 19 heavy (non-hydrogen) atoms. The number of hydrogen-bond acceptors (Lipinski definition) is 3. The van der Waals surface area contributed by atoms with E-state index >= 15 is 0 Å². The lowest BCUT2D eigenvalue weighted by molar-refractivity contribution is 0.112. The zero-order valence-corrected chi connectivity index (χ0v) is 12.1. The minimum atomic E-state index is -0.0401. The Balaban J connectivity index is 2.85. The maximum atomic E-state index is 10.8. The predicted molar refractivity (Wildman–Crippen MR) is 77.1 cm³/mol. The van der Waals surface area contributed by atoms with Crippen LogP contribution in [-0.2, 0) is 0 Å². The largest absolute Gasteiger partial charge is 0.490 e. The van der Waals surface area contributed by atoms with Gasteiger partial charge in [-0.2, -0.15) is 0 Å². The summed E-state index contributed by atoms with van der Waals surface area (Å²) in [5, 5.41) is 0. The zero-order valence-electron chi connectivity index (χ0n) is 12.1. The Hall–Kier alpha value is -1.77. The Morgan fingerprint density at radius 2 is 1.95 bits per heavy atom. The monoisotopic (exact) mass is 262 g/mol. The van der Waals surface area contributed by atoms with Gasteiger partial charge < -0.3 is 9.47 Å². The average molecular weight is 262 g/mol. The number of aldehydes is 1. The van der Waals surface area contributed by atoms with Gasteiger partial charge in [-0.1, -0.05) is 26.0 Å². The van der Waals surface area contributed by atoms with Crippen LogP contribution in [0.2, 0.25) is 0 Å². The zero-order chi connectivity index (χ0) is 14.3. The summed E-state index contributed by atoms with van der Waals surface area (Å²) in [6, 6.07) is 5.21. The Labute approximate surface area is 115 Å². The molecule has 0 heterocycles. The summed E-state index contributed by atoms with van der Waals surface area (Å²) in [5.74, 6) is 1.29. The van der Waals surface area contributed by atoms with E-state index in [2.05, 4.69) is 19.9 Å². The van der Waals surface area contributed by atoms with Crippen molar-refractivity contribution in [2.24, 2.45) is 5.41 Å². The van der Waals surface area contributed by atoms with Crippen LogP contribution in [0, 0.1) is 5.41 Å². The van der Waals surface area contributed by atoms with Gasteiger partial charge in [-0.3, -0.25) is 4.79 Å². The number of allylic oxidation sites excluding steroid dienone is 1. The summed E-state index contributed by atoms with van der Waals surface area (Å²) >= 11 is 0. The molecule has 0 saturated heterocycles. The van der Waals surface area contributed by atoms with Crippen molar-refractivity contribution in [3.8, 4) is 11.5 Å². The molecule has 0 amide bonds. The molecule has 0 N–H and O–H groups in total. The van der Waals surface area contributed by atoms with Crippen LogP contribution in [-0.4, -0.2) is 19.5 Å². The number of ether oxygens (including phenoxy) is 2. The average Bonchev–Trinajstić information content (AvgIpc) is 2.37. The molecule has 0 bridgehead atoms. The maximum Gasteiger partial charge on any atom is 0.161 e. The third kappa shape index (κ3) is 4.78. The molecule has 1 aromatic carbocycles. The van der Waals surface area contributed by atoms with E-state index in [4.69, 9.17) is 9.47 Å². The first-order valence-corrected chi connectivity index (χ1v) is 6.51. The molecule has 3 heteroatoms. The fraction of sp³-hybridized carbons (Fsp3) is 0.438. The first kappa shape index (κ1) is 15.3. The molecule has 1 aromatic rings. The van der Waals surface area contributed by atoms with Crippen LogP contribution in [0.1, 0.15) is 38.1 Å². The number of carbonyl (C=O) groups excluding carboxylic acids is 1. The van der Waals surface area contributed by atoms with Gasteiger partial charge >= 0.3 is 0 Å². The van der Waals surface area contributed by atoms with Crippen LogP contribution in [0.15, 0.2) is 30.4 Å². The van der Waals surface area contributed by atoms with Crippen molar-refractivity contribution in [1.82, 2.24) is 0 Å². The smallest absolute Gasteiger partial charge is 0.161 e. The molecule has 0 aliphatic carbocycles. The van der Waals surface area contributed by atoms with E-state index in [1.165, 1.54) is 0 Å². The second-order valence-electron chi connectivity index (χ2n) is 5.03. The summed E-state index contributed by atoms with van der Waals surface area (Å²) in [6.45, 7) is 9.20. The number of rotatable bonds is 7. The van der Waals surface area contributed by atoms with Gasteiger partial charge in [0.1, 0.15) is 6.29 Å². The summed E-state index contributed by atoms with van der Waals surface area (Å²) < 4.78 is 11.3. The molecule has 3 nitrogen and oxygen atoms in total. The first-order valence-electron chi connectivity index (χ1n) is 6.51. The van der Waals surface area contributed by atoms with E-state index in [1.807, 2.05) is 19.9 Å². The molecule has 1 rings (SSSR count). The summed E-state index contributed by atoms with van der Waals surface area (Å²) in [6.07, 6.45) is 4.92. The lowest BCUT2D eigenvalue weighted by Gasteiger charge is -2.21. The lowest BCUT2D eigenvalue weighted by Crippen LogP contribution is -2.19. The highest BCUT2D eigenvalue weighted by molar-refractivity contribution is 5.76. The summed E-state index contributed by atoms with van der Waals surface area (Å²) in [7, 11) is 0. The van der Waals surface area contributed by atoms with Crippen LogP contribution in [0.5, 0.6) is 11.5 Å². The normalized spacial score (nSPS) is 11.6. The van der Waals surface area contributed by atoms with Crippen molar-refractivity contribution in [2.45, 2.75) is 27.7 Å². The van der Waals surface area contributed by atoms with E-state index in [0.29, 0.717) is 30.3 Å². The fourth-order valence-corrected chi connectivity index (χ4v) is 1.75. The van der Waals surface area contributed by atoms with Gasteiger partial charge in [0.2, 0.25) is 0 Å². The highest BCUT2D eigenvalue weighted by Gasteiger charge is 2.16. The van der Waals surface area contributed by atoms with E-state index in [0.717, 1.165) is 6.29 Å². The van der Waals surface area contributed by atoms with Crippen molar-refractivity contribution in [1.29, 1.82) is 0 Å². The topological polar surface area (TPSA) is 35.5 Å². The maximum absolute atomic E-state index is 10.8. The Bertz CT molecular complexity index is 447. The van der Waals surface area contributed by atoms with Gasteiger partial charge in [-0.25, -0.2) is 0 Å². The standard InChI is InChI=1S/C16H22O3/c1-5-9-16(3,4)12-19-14-8-7-13(11-17)10-15(14)18-6-2/h5,7-11H,6,12H2,1-4H3. The van der Waals surface area contributed by atoms with E-state index in [-0.39, 0.29) is 5.41 Å². The Morgan fingerprint density at radius 1 is 1.21 bits per heavy atom. The second-order valence-corrected chi connectivity index (χ2v) is 5.03. The molecule has 0 atom stereocenters. The van der Waals surface area contributed by atoms with Crippen LogP contribution >= 0.6 is 0 Å². The molecule has 0 aliphatic rings. The molecular weight excluding hydrogens is 240 g/mol. The molecule has 0 radical (unpaired) electrons. The van der Waals surface area contributed by atoms with Crippen molar-refractivity contribution in [3.05, 3.63) is 35.9 Å². The van der Waals surface area contributed by atoms with Gasteiger partial charge in [0.25, 0.3) is 0 Å². The van der Waals surface area contributed by atoms with Crippen LogP contribution in [0.25, 0.3) is 0 Å². The number of benzene rings is 1. The fourth-order valence-electron chi connectivity index (χ4n) is 1.75.